The predicted octanol–water partition coefficient (Wildman–Crippen LogP) is 1.11. The Morgan fingerprint density at radius 1 is 1.25 bits per heavy atom. The zero-order valence-electron chi connectivity index (χ0n) is 11.8. The van der Waals surface area contributed by atoms with E-state index in [9.17, 15) is 8.42 Å². The number of rotatable bonds is 9. The van der Waals surface area contributed by atoms with E-state index in [-0.39, 0.29) is 6.54 Å². The third-order valence-electron chi connectivity index (χ3n) is 3.29. The van der Waals surface area contributed by atoms with Gasteiger partial charge in [0.1, 0.15) is 0 Å². The number of nitrogens with one attached hydrogen (secondary N) is 2. The fourth-order valence-electron chi connectivity index (χ4n) is 1.89. The zero-order valence-corrected chi connectivity index (χ0v) is 12.6. The highest BCUT2D eigenvalue weighted by Crippen LogP contribution is 2.27. The van der Waals surface area contributed by atoms with E-state index in [4.69, 9.17) is 4.74 Å². The van der Waals surface area contributed by atoms with Crippen LogP contribution >= 0.6 is 0 Å². The molecule has 1 aliphatic rings. The van der Waals surface area contributed by atoms with Crippen molar-refractivity contribution in [3.63, 3.8) is 0 Å². The Kier molecular flexibility index (Phi) is 5.54. The van der Waals surface area contributed by atoms with E-state index in [0.717, 1.165) is 24.6 Å². The van der Waals surface area contributed by atoms with E-state index in [0.29, 0.717) is 11.5 Å². The molecule has 0 spiro atoms. The van der Waals surface area contributed by atoms with Gasteiger partial charge in [-0.05, 0) is 43.0 Å². The summed E-state index contributed by atoms with van der Waals surface area (Å²) in [5.74, 6) is 0.847. The molecule has 0 amide bonds. The molecule has 1 aromatic rings. The lowest BCUT2D eigenvalue weighted by Gasteiger charge is -2.08. The van der Waals surface area contributed by atoms with Gasteiger partial charge in [0.05, 0.1) is 11.5 Å². The number of methoxy groups -OCH3 is 1. The SMILES string of the molecule is COCCNS(=O)(=O)c1ccc(CNCC2CC2)cc1. The highest BCUT2D eigenvalue weighted by atomic mass is 32.2. The molecule has 20 heavy (non-hydrogen) atoms. The van der Waals surface area contributed by atoms with Crippen LogP contribution in [0.25, 0.3) is 0 Å². The van der Waals surface area contributed by atoms with Crippen LogP contribution in [0.1, 0.15) is 18.4 Å². The molecule has 0 unspecified atom stereocenters. The first-order chi connectivity index (χ1) is 9.62. The van der Waals surface area contributed by atoms with Gasteiger partial charge in [-0.25, -0.2) is 13.1 Å². The molecule has 1 aromatic carbocycles. The summed E-state index contributed by atoms with van der Waals surface area (Å²) in [6, 6.07) is 6.99. The van der Waals surface area contributed by atoms with Gasteiger partial charge in [0.25, 0.3) is 0 Å². The van der Waals surface area contributed by atoms with Crippen molar-refractivity contribution in [3.05, 3.63) is 29.8 Å². The Morgan fingerprint density at radius 2 is 1.95 bits per heavy atom. The Labute approximate surface area is 120 Å². The minimum atomic E-state index is -3.42. The predicted molar refractivity (Wildman–Crippen MR) is 77.9 cm³/mol. The number of ether oxygens (including phenoxy) is 1. The second-order valence-corrected chi connectivity index (χ2v) is 6.88. The Bertz CT molecular complexity index is 510. The van der Waals surface area contributed by atoms with Gasteiger partial charge in [0.15, 0.2) is 0 Å². The van der Waals surface area contributed by atoms with Gasteiger partial charge in [0, 0.05) is 20.2 Å². The van der Waals surface area contributed by atoms with Crippen molar-refractivity contribution < 1.29 is 13.2 Å². The van der Waals surface area contributed by atoms with Crippen LogP contribution < -0.4 is 10.0 Å². The van der Waals surface area contributed by atoms with Gasteiger partial charge < -0.3 is 10.1 Å². The second-order valence-electron chi connectivity index (χ2n) is 5.11. The summed E-state index contributed by atoms with van der Waals surface area (Å²) in [7, 11) is -1.88. The molecule has 1 fully saturated rings. The summed E-state index contributed by atoms with van der Waals surface area (Å²) in [4.78, 5) is 0.291. The van der Waals surface area contributed by atoms with Crippen LogP contribution in [0.3, 0.4) is 0 Å². The maximum absolute atomic E-state index is 11.9. The van der Waals surface area contributed by atoms with E-state index in [1.807, 2.05) is 12.1 Å². The van der Waals surface area contributed by atoms with E-state index in [1.165, 1.54) is 20.0 Å². The summed E-state index contributed by atoms with van der Waals surface area (Å²) >= 11 is 0. The van der Waals surface area contributed by atoms with Crippen molar-refractivity contribution >= 4 is 10.0 Å². The molecule has 1 aliphatic carbocycles. The lowest BCUT2D eigenvalue weighted by Crippen LogP contribution is -2.27. The molecule has 2 N–H and O–H groups in total. The first kappa shape index (κ1) is 15.4. The van der Waals surface area contributed by atoms with Crippen LogP contribution in [-0.4, -0.2) is 35.2 Å². The van der Waals surface area contributed by atoms with Gasteiger partial charge >= 0.3 is 0 Å². The molecule has 112 valence electrons. The molecule has 0 heterocycles. The topological polar surface area (TPSA) is 67.4 Å². The Balaban J connectivity index is 1.85. The van der Waals surface area contributed by atoms with Gasteiger partial charge in [-0.1, -0.05) is 12.1 Å². The monoisotopic (exact) mass is 298 g/mol. The first-order valence-electron chi connectivity index (χ1n) is 6.90. The maximum Gasteiger partial charge on any atom is 0.240 e. The third kappa shape index (κ3) is 4.86. The van der Waals surface area contributed by atoms with Gasteiger partial charge in [-0.3, -0.25) is 0 Å². The van der Waals surface area contributed by atoms with Crippen LogP contribution in [0, 0.1) is 5.92 Å². The van der Waals surface area contributed by atoms with Crippen LogP contribution in [-0.2, 0) is 21.3 Å². The molecule has 0 bridgehead atoms. The summed E-state index contributed by atoms with van der Waals surface area (Å²) in [6.45, 7) is 2.48. The Morgan fingerprint density at radius 3 is 2.55 bits per heavy atom. The summed E-state index contributed by atoms with van der Waals surface area (Å²) in [6.07, 6.45) is 2.66. The fraction of sp³-hybridized carbons (Fsp3) is 0.571. The quantitative estimate of drug-likeness (QED) is 0.670. The van der Waals surface area contributed by atoms with Crippen LogP contribution in [0.2, 0.25) is 0 Å². The lowest BCUT2D eigenvalue weighted by atomic mass is 10.2. The van der Waals surface area contributed by atoms with Crippen molar-refractivity contribution in [2.24, 2.45) is 5.92 Å². The summed E-state index contributed by atoms with van der Waals surface area (Å²) in [5, 5.41) is 3.38. The van der Waals surface area contributed by atoms with Gasteiger partial charge in [0.2, 0.25) is 10.0 Å². The lowest BCUT2D eigenvalue weighted by molar-refractivity contribution is 0.204. The van der Waals surface area contributed by atoms with Crippen molar-refractivity contribution in [2.45, 2.75) is 24.3 Å². The van der Waals surface area contributed by atoms with Crippen LogP contribution in [0.5, 0.6) is 0 Å². The molecule has 0 saturated heterocycles. The average molecular weight is 298 g/mol. The summed E-state index contributed by atoms with van der Waals surface area (Å²) in [5.41, 5.74) is 1.10. The van der Waals surface area contributed by atoms with E-state index in [1.54, 1.807) is 12.1 Å². The van der Waals surface area contributed by atoms with Gasteiger partial charge in [-0.15, -0.1) is 0 Å². The van der Waals surface area contributed by atoms with E-state index < -0.39 is 10.0 Å². The normalized spacial score (nSPS) is 15.4. The van der Waals surface area contributed by atoms with Crippen molar-refractivity contribution in [2.75, 3.05) is 26.8 Å². The number of hydrogen-bond donors (Lipinski definition) is 2. The third-order valence-corrected chi connectivity index (χ3v) is 4.77. The first-order valence-corrected chi connectivity index (χ1v) is 8.38. The van der Waals surface area contributed by atoms with E-state index in [2.05, 4.69) is 10.0 Å². The molecule has 0 radical (unpaired) electrons. The molecule has 0 atom stereocenters. The molecule has 5 nitrogen and oxygen atoms in total. The molecule has 0 aromatic heterocycles. The molecular formula is C14H22N2O3S. The summed E-state index contributed by atoms with van der Waals surface area (Å²) < 4.78 is 31.2. The van der Waals surface area contributed by atoms with Crippen molar-refractivity contribution in [3.8, 4) is 0 Å². The molecule has 0 aliphatic heterocycles. The largest absolute Gasteiger partial charge is 0.383 e. The van der Waals surface area contributed by atoms with Crippen LogP contribution in [0.4, 0.5) is 0 Å². The molecule has 2 rings (SSSR count). The standard InChI is InChI=1S/C14H22N2O3S/c1-19-9-8-16-20(17,18)14-6-4-13(5-7-14)11-15-10-12-2-3-12/h4-7,12,15-16H,2-3,8-11H2,1H3. The number of hydrogen-bond acceptors (Lipinski definition) is 4. The minimum Gasteiger partial charge on any atom is -0.383 e. The Hall–Kier alpha value is -0.950. The number of benzene rings is 1. The second kappa shape index (κ2) is 7.17. The molecular weight excluding hydrogens is 276 g/mol. The van der Waals surface area contributed by atoms with Crippen molar-refractivity contribution in [1.82, 2.24) is 10.0 Å². The zero-order chi connectivity index (χ0) is 14.4. The van der Waals surface area contributed by atoms with Crippen LogP contribution in [0.15, 0.2) is 29.2 Å². The highest BCUT2D eigenvalue weighted by Gasteiger charge is 2.20. The van der Waals surface area contributed by atoms with E-state index >= 15 is 0 Å². The maximum atomic E-state index is 11.9. The van der Waals surface area contributed by atoms with Gasteiger partial charge in [-0.2, -0.15) is 0 Å². The number of sulfonamides is 1. The molecule has 6 heteroatoms. The molecule has 1 saturated carbocycles. The fourth-order valence-corrected chi connectivity index (χ4v) is 2.90. The minimum absolute atomic E-state index is 0.281. The smallest absolute Gasteiger partial charge is 0.240 e. The average Bonchev–Trinajstić information content (AvgIpc) is 3.24. The van der Waals surface area contributed by atoms with Crippen molar-refractivity contribution in [1.29, 1.82) is 0 Å². The highest BCUT2D eigenvalue weighted by molar-refractivity contribution is 7.89.